The van der Waals surface area contributed by atoms with E-state index in [0.29, 0.717) is 23.3 Å². The zero-order valence-electron chi connectivity index (χ0n) is 18.5. The Morgan fingerprint density at radius 2 is 1.90 bits per heavy atom. The fourth-order valence-corrected chi connectivity index (χ4v) is 4.60. The summed E-state index contributed by atoms with van der Waals surface area (Å²) >= 11 is 0. The third kappa shape index (κ3) is 5.18. The van der Waals surface area contributed by atoms with E-state index < -0.39 is 0 Å². The fourth-order valence-electron chi connectivity index (χ4n) is 4.60. The smallest absolute Gasteiger partial charge is 0.343 e. The topological polar surface area (TPSA) is 26.3 Å². The van der Waals surface area contributed by atoms with Crippen LogP contribution in [0.15, 0.2) is 54.1 Å². The first-order chi connectivity index (χ1) is 13.9. The maximum absolute atomic E-state index is 12.7. The van der Waals surface area contributed by atoms with Gasteiger partial charge in [-0.15, -0.1) is 0 Å². The number of carbonyl (C=O) groups is 1. The second-order valence-corrected chi connectivity index (χ2v) is 8.94. The molecule has 0 radical (unpaired) electrons. The number of hydrogen-bond acceptors (Lipinski definition) is 2. The number of ether oxygens (including phenoxy) is 1. The second kappa shape index (κ2) is 9.43. The molecule has 0 aliphatic heterocycles. The predicted octanol–water partition coefficient (Wildman–Crippen LogP) is 7.58. The molecular weight excluding hydrogens is 356 g/mol. The van der Waals surface area contributed by atoms with Crippen molar-refractivity contribution in [2.45, 2.75) is 72.1 Å². The van der Waals surface area contributed by atoms with Gasteiger partial charge in [-0.1, -0.05) is 49.8 Å². The Hall–Kier alpha value is -2.35. The summed E-state index contributed by atoms with van der Waals surface area (Å²) in [7, 11) is 0. The van der Waals surface area contributed by atoms with E-state index in [4.69, 9.17) is 4.74 Å². The van der Waals surface area contributed by atoms with Crippen LogP contribution in [0.4, 0.5) is 0 Å². The first-order valence-electron chi connectivity index (χ1n) is 10.9. The van der Waals surface area contributed by atoms with Crippen molar-refractivity contribution >= 4 is 5.97 Å². The molecule has 1 aliphatic rings. The van der Waals surface area contributed by atoms with Gasteiger partial charge in [0.1, 0.15) is 5.75 Å². The lowest BCUT2D eigenvalue weighted by atomic mass is 9.71. The van der Waals surface area contributed by atoms with Crippen LogP contribution in [0.5, 0.6) is 5.75 Å². The summed E-state index contributed by atoms with van der Waals surface area (Å²) in [5, 5.41) is 0. The Balaban J connectivity index is 1.90. The lowest BCUT2D eigenvalue weighted by Crippen LogP contribution is -2.21. The molecule has 2 aromatic rings. The Morgan fingerprint density at radius 3 is 2.59 bits per heavy atom. The number of aryl methyl sites for hydroxylation is 1. The highest BCUT2D eigenvalue weighted by molar-refractivity contribution is 5.91. The molecule has 2 heteroatoms. The molecule has 0 amide bonds. The van der Waals surface area contributed by atoms with Crippen molar-refractivity contribution in [1.29, 1.82) is 0 Å². The third-order valence-electron chi connectivity index (χ3n) is 6.19. The Kier molecular flexibility index (Phi) is 6.95. The highest BCUT2D eigenvalue weighted by Gasteiger charge is 2.31. The SMILES string of the molecule is CC(C)=CCC[C@H](C)[C@@H]1CC[C@@H](C)c2c(OC(=O)c3ccccc3)cc(C)cc21. The van der Waals surface area contributed by atoms with Crippen LogP contribution in [0.1, 0.15) is 92.3 Å². The molecule has 0 saturated heterocycles. The first-order valence-corrected chi connectivity index (χ1v) is 10.9. The molecular formula is C27H34O2. The molecule has 1 aliphatic carbocycles. The lowest BCUT2D eigenvalue weighted by molar-refractivity contribution is 0.0732. The maximum Gasteiger partial charge on any atom is 0.343 e. The zero-order valence-corrected chi connectivity index (χ0v) is 18.5. The van der Waals surface area contributed by atoms with Crippen molar-refractivity contribution in [3.8, 4) is 5.75 Å². The van der Waals surface area contributed by atoms with E-state index in [-0.39, 0.29) is 5.97 Å². The lowest BCUT2D eigenvalue weighted by Gasteiger charge is -2.35. The van der Waals surface area contributed by atoms with Gasteiger partial charge in [-0.2, -0.15) is 0 Å². The molecule has 154 valence electrons. The van der Waals surface area contributed by atoms with E-state index in [1.54, 1.807) is 0 Å². The molecule has 0 N–H and O–H groups in total. The summed E-state index contributed by atoms with van der Waals surface area (Å²) in [5.41, 5.74) is 5.78. The Morgan fingerprint density at radius 1 is 1.17 bits per heavy atom. The number of esters is 1. The molecule has 0 heterocycles. The van der Waals surface area contributed by atoms with E-state index in [2.05, 4.69) is 46.8 Å². The van der Waals surface area contributed by atoms with Gasteiger partial charge in [0.25, 0.3) is 0 Å². The van der Waals surface area contributed by atoms with Crippen LogP contribution >= 0.6 is 0 Å². The summed E-state index contributed by atoms with van der Waals surface area (Å²) in [6.45, 7) is 11.1. The summed E-state index contributed by atoms with van der Waals surface area (Å²) < 4.78 is 5.94. The molecule has 0 fully saturated rings. The van der Waals surface area contributed by atoms with Crippen LogP contribution < -0.4 is 4.74 Å². The molecule has 3 rings (SSSR count). The van der Waals surface area contributed by atoms with Crippen LogP contribution in [0.2, 0.25) is 0 Å². The van der Waals surface area contributed by atoms with Crippen molar-refractivity contribution in [2.75, 3.05) is 0 Å². The Labute approximate surface area is 176 Å². The predicted molar refractivity (Wildman–Crippen MR) is 121 cm³/mol. The van der Waals surface area contributed by atoms with Crippen molar-refractivity contribution in [3.63, 3.8) is 0 Å². The van der Waals surface area contributed by atoms with Gasteiger partial charge in [0.15, 0.2) is 0 Å². The van der Waals surface area contributed by atoms with Gasteiger partial charge in [-0.25, -0.2) is 4.79 Å². The molecule has 0 unspecified atom stereocenters. The average molecular weight is 391 g/mol. The largest absolute Gasteiger partial charge is 0.423 e. The Bertz CT molecular complexity index is 875. The normalized spacial score (nSPS) is 19.2. The van der Waals surface area contributed by atoms with Gasteiger partial charge in [0.2, 0.25) is 0 Å². The van der Waals surface area contributed by atoms with Crippen LogP contribution in [0, 0.1) is 12.8 Å². The highest BCUT2D eigenvalue weighted by Crippen LogP contribution is 2.47. The number of rotatable bonds is 6. The standard InChI is InChI=1S/C27H34O2/c1-18(2)10-9-11-20(4)23-15-14-21(5)26-24(23)16-19(3)17-25(26)29-27(28)22-12-7-6-8-13-22/h6-8,10,12-13,16-17,20-21,23H,9,11,14-15H2,1-5H3/t20-,21+,23-/m0/s1. The van der Waals surface area contributed by atoms with Crippen molar-refractivity contribution in [3.05, 3.63) is 76.4 Å². The molecule has 0 spiro atoms. The number of benzene rings is 2. The van der Waals surface area contributed by atoms with Crippen molar-refractivity contribution in [2.24, 2.45) is 5.92 Å². The van der Waals surface area contributed by atoms with Gasteiger partial charge in [-0.3, -0.25) is 0 Å². The number of carbonyl (C=O) groups excluding carboxylic acids is 1. The monoisotopic (exact) mass is 390 g/mol. The van der Waals surface area contributed by atoms with E-state index in [1.165, 1.54) is 29.5 Å². The average Bonchev–Trinajstić information content (AvgIpc) is 2.68. The van der Waals surface area contributed by atoms with Crippen molar-refractivity contribution in [1.82, 2.24) is 0 Å². The van der Waals surface area contributed by atoms with E-state index in [0.717, 1.165) is 24.2 Å². The van der Waals surface area contributed by atoms with Gasteiger partial charge in [0, 0.05) is 5.56 Å². The number of hydrogen-bond donors (Lipinski definition) is 0. The molecule has 29 heavy (non-hydrogen) atoms. The van der Waals surface area contributed by atoms with Crippen LogP contribution in [0.3, 0.4) is 0 Å². The maximum atomic E-state index is 12.7. The third-order valence-corrected chi connectivity index (χ3v) is 6.19. The number of allylic oxidation sites excluding steroid dienone is 2. The molecule has 0 bridgehead atoms. The highest BCUT2D eigenvalue weighted by atomic mass is 16.5. The molecule has 2 nitrogen and oxygen atoms in total. The van der Waals surface area contributed by atoms with Gasteiger partial charge in [-0.05, 0) is 93.5 Å². The molecule has 0 saturated carbocycles. The zero-order chi connectivity index (χ0) is 21.0. The summed E-state index contributed by atoms with van der Waals surface area (Å²) in [4.78, 5) is 12.7. The fraction of sp³-hybridized carbons (Fsp3) is 0.444. The first kappa shape index (κ1) is 21.4. The minimum Gasteiger partial charge on any atom is -0.423 e. The summed E-state index contributed by atoms with van der Waals surface area (Å²) in [6, 6.07) is 13.6. The summed E-state index contributed by atoms with van der Waals surface area (Å²) in [5.74, 6) is 2.02. The van der Waals surface area contributed by atoms with Gasteiger partial charge >= 0.3 is 5.97 Å². The second-order valence-electron chi connectivity index (χ2n) is 8.94. The summed E-state index contributed by atoms with van der Waals surface area (Å²) in [6.07, 6.45) is 7.01. The molecule has 3 atom stereocenters. The minimum absolute atomic E-state index is 0.274. The van der Waals surface area contributed by atoms with E-state index >= 15 is 0 Å². The quantitative estimate of drug-likeness (QED) is 0.289. The van der Waals surface area contributed by atoms with E-state index in [1.807, 2.05) is 36.4 Å². The van der Waals surface area contributed by atoms with Crippen LogP contribution in [-0.2, 0) is 0 Å². The molecule has 0 aromatic heterocycles. The van der Waals surface area contributed by atoms with Gasteiger partial charge in [0.05, 0.1) is 5.56 Å². The van der Waals surface area contributed by atoms with E-state index in [9.17, 15) is 4.79 Å². The molecule has 2 aromatic carbocycles. The minimum atomic E-state index is -0.274. The van der Waals surface area contributed by atoms with Crippen LogP contribution in [0.25, 0.3) is 0 Å². The van der Waals surface area contributed by atoms with Crippen LogP contribution in [-0.4, -0.2) is 5.97 Å². The number of fused-ring (bicyclic) bond motifs is 1. The van der Waals surface area contributed by atoms with Crippen molar-refractivity contribution < 1.29 is 9.53 Å². The van der Waals surface area contributed by atoms with Gasteiger partial charge < -0.3 is 4.74 Å².